The van der Waals surface area contributed by atoms with Crippen molar-refractivity contribution in [3.8, 4) is 0 Å². The van der Waals surface area contributed by atoms with Gasteiger partial charge in [0.05, 0.1) is 18.3 Å². The molecule has 0 spiro atoms. The van der Waals surface area contributed by atoms with Crippen LogP contribution in [0.15, 0.2) is 15.9 Å². The maximum absolute atomic E-state index is 9.74. The Kier molecular flexibility index (Phi) is 4.77. The third-order valence-electron chi connectivity index (χ3n) is 1.77. The number of aliphatic hydroxyl groups is 1. The van der Waals surface area contributed by atoms with Gasteiger partial charge in [-0.05, 0) is 42.8 Å². The van der Waals surface area contributed by atoms with Gasteiger partial charge in [-0.1, -0.05) is 0 Å². The van der Waals surface area contributed by atoms with Crippen molar-refractivity contribution in [3.63, 3.8) is 0 Å². The fourth-order valence-electron chi connectivity index (χ4n) is 1.10. The molecule has 0 saturated carbocycles. The van der Waals surface area contributed by atoms with Crippen molar-refractivity contribution in [2.45, 2.75) is 38.9 Å². The Balaban J connectivity index is 2.33. The highest BCUT2D eigenvalue weighted by molar-refractivity contribution is 9.10. The van der Waals surface area contributed by atoms with Crippen LogP contribution in [0.2, 0.25) is 0 Å². The van der Waals surface area contributed by atoms with Crippen molar-refractivity contribution in [2.24, 2.45) is 0 Å². The summed E-state index contributed by atoms with van der Waals surface area (Å²) in [5.74, 6) is 0. The molecule has 0 fully saturated rings. The number of aliphatic hydroxyl groups excluding tert-OH is 1. The molecule has 4 heteroatoms. The van der Waals surface area contributed by atoms with Gasteiger partial charge in [-0.2, -0.15) is 0 Å². The average molecular weight is 293 g/mol. The minimum Gasteiger partial charge on any atom is -0.390 e. The highest BCUT2D eigenvalue weighted by atomic mass is 79.9. The van der Waals surface area contributed by atoms with Crippen molar-refractivity contribution in [1.82, 2.24) is 0 Å². The topological polar surface area (TPSA) is 29.5 Å². The predicted molar refractivity (Wildman–Crippen MR) is 67.4 cm³/mol. The molecule has 0 amide bonds. The second-order valence-electron chi connectivity index (χ2n) is 4.51. The number of hydrogen-bond donors (Lipinski definition) is 1. The van der Waals surface area contributed by atoms with Gasteiger partial charge in [0.1, 0.15) is 0 Å². The molecule has 1 atom stereocenters. The van der Waals surface area contributed by atoms with Gasteiger partial charge in [0, 0.05) is 21.2 Å². The predicted octanol–water partition coefficient (Wildman–Crippen LogP) is 3.23. The molecule has 2 nitrogen and oxygen atoms in total. The molecule has 0 bridgehead atoms. The molecule has 15 heavy (non-hydrogen) atoms. The summed E-state index contributed by atoms with van der Waals surface area (Å²) < 4.78 is 6.59. The smallest absolute Gasteiger partial charge is 0.0822 e. The van der Waals surface area contributed by atoms with E-state index in [1.54, 1.807) is 11.3 Å². The van der Waals surface area contributed by atoms with E-state index in [4.69, 9.17) is 4.74 Å². The van der Waals surface area contributed by atoms with Crippen LogP contribution in [-0.2, 0) is 11.2 Å². The lowest BCUT2D eigenvalue weighted by Gasteiger charge is -2.21. The summed E-state index contributed by atoms with van der Waals surface area (Å²) in [7, 11) is 0. The molecule has 86 valence electrons. The van der Waals surface area contributed by atoms with Crippen LogP contribution in [0.5, 0.6) is 0 Å². The van der Waals surface area contributed by atoms with Crippen LogP contribution in [0, 0.1) is 0 Å². The third kappa shape index (κ3) is 5.66. The Bertz CT molecular complexity index is 304. The first-order valence-corrected chi connectivity index (χ1v) is 6.59. The Morgan fingerprint density at radius 3 is 2.67 bits per heavy atom. The van der Waals surface area contributed by atoms with Crippen LogP contribution in [0.3, 0.4) is 0 Å². The number of thiophene rings is 1. The molecule has 1 heterocycles. The highest BCUT2D eigenvalue weighted by Crippen LogP contribution is 2.21. The van der Waals surface area contributed by atoms with Gasteiger partial charge >= 0.3 is 0 Å². The van der Waals surface area contributed by atoms with Crippen LogP contribution in [0.25, 0.3) is 0 Å². The lowest BCUT2D eigenvalue weighted by atomic mass is 10.2. The van der Waals surface area contributed by atoms with E-state index >= 15 is 0 Å². The molecule has 0 aliphatic rings. The fourth-order valence-corrected chi connectivity index (χ4v) is 2.62. The van der Waals surface area contributed by atoms with Gasteiger partial charge in [-0.25, -0.2) is 0 Å². The highest BCUT2D eigenvalue weighted by Gasteiger charge is 2.14. The maximum Gasteiger partial charge on any atom is 0.0822 e. The van der Waals surface area contributed by atoms with Crippen LogP contribution >= 0.6 is 27.3 Å². The molecule has 1 aromatic heterocycles. The summed E-state index contributed by atoms with van der Waals surface area (Å²) in [5, 5.41) is 11.8. The lowest BCUT2D eigenvalue weighted by Crippen LogP contribution is -2.27. The summed E-state index contributed by atoms with van der Waals surface area (Å²) in [6.45, 7) is 6.35. The molecule has 0 aromatic carbocycles. The Labute approximate surface area is 103 Å². The van der Waals surface area contributed by atoms with Crippen LogP contribution in [-0.4, -0.2) is 23.4 Å². The molecular formula is C11H17BrO2S. The normalized spacial score (nSPS) is 14.2. The van der Waals surface area contributed by atoms with E-state index < -0.39 is 6.10 Å². The number of ether oxygens (including phenoxy) is 1. The summed E-state index contributed by atoms with van der Waals surface area (Å²) >= 11 is 5.04. The van der Waals surface area contributed by atoms with E-state index in [-0.39, 0.29) is 5.60 Å². The summed E-state index contributed by atoms with van der Waals surface area (Å²) in [5.41, 5.74) is -0.184. The molecule has 0 aliphatic carbocycles. The van der Waals surface area contributed by atoms with Crippen molar-refractivity contribution < 1.29 is 9.84 Å². The van der Waals surface area contributed by atoms with E-state index in [2.05, 4.69) is 15.9 Å². The fraction of sp³-hybridized carbons (Fsp3) is 0.636. The van der Waals surface area contributed by atoms with E-state index in [0.717, 1.165) is 4.47 Å². The van der Waals surface area contributed by atoms with Gasteiger partial charge in [-0.15, -0.1) is 11.3 Å². The average Bonchev–Trinajstić information content (AvgIpc) is 2.47. The molecule has 0 radical (unpaired) electrons. The SMILES string of the molecule is CC(C)(C)OCC(O)Cc1cc(Br)cs1. The van der Waals surface area contributed by atoms with E-state index in [9.17, 15) is 5.11 Å². The van der Waals surface area contributed by atoms with Crippen LogP contribution in [0.1, 0.15) is 25.6 Å². The monoisotopic (exact) mass is 292 g/mol. The first kappa shape index (κ1) is 13.2. The summed E-state index contributed by atoms with van der Waals surface area (Å²) in [6, 6.07) is 2.03. The van der Waals surface area contributed by atoms with Gasteiger partial charge in [-0.3, -0.25) is 0 Å². The Hall–Kier alpha value is 0.1000. The number of halogens is 1. The first-order chi connectivity index (χ1) is 6.87. The van der Waals surface area contributed by atoms with Crippen LogP contribution in [0.4, 0.5) is 0 Å². The number of rotatable bonds is 4. The van der Waals surface area contributed by atoms with Gasteiger partial charge in [0.2, 0.25) is 0 Å². The molecule has 1 rings (SSSR count). The van der Waals surface area contributed by atoms with E-state index in [1.807, 2.05) is 32.2 Å². The number of hydrogen-bond acceptors (Lipinski definition) is 3. The molecule has 1 aromatic rings. The van der Waals surface area contributed by atoms with Crippen molar-refractivity contribution in [3.05, 3.63) is 20.8 Å². The zero-order valence-corrected chi connectivity index (χ0v) is 11.7. The molecule has 1 unspecified atom stereocenters. The van der Waals surface area contributed by atoms with E-state index in [0.29, 0.717) is 13.0 Å². The van der Waals surface area contributed by atoms with Gasteiger partial charge in [0.25, 0.3) is 0 Å². The zero-order chi connectivity index (χ0) is 11.5. The van der Waals surface area contributed by atoms with E-state index in [1.165, 1.54) is 4.88 Å². The minimum absolute atomic E-state index is 0.184. The van der Waals surface area contributed by atoms with Gasteiger partial charge in [0.15, 0.2) is 0 Å². The second-order valence-corrected chi connectivity index (χ2v) is 6.42. The van der Waals surface area contributed by atoms with Crippen molar-refractivity contribution in [1.29, 1.82) is 0 Å². The first-order valence-electron chi connectivity index (χ1n) is 4.92. The van der Waals surface area contributed by atoms with Crippen molar-refractivity contribution in [2.75, 3.05) is 6.61 Å². The summed E-state index contributed by atoms with van der Waals surface area (Å²) in [4.78, 5) is 1.17. The largest absolute Gasteiger partial charge is 0.390 e. The minimum atomic E-state index is -0.422. The Morgan fingerprint density at radius 1 is 1.53 bits per heavy atom. The quantitative estimate of drug-likeness (QED) is 0.923. The van der Waals surface area contributed by atoms with Crippen LogP contribution < -0.4 is 0 Å². The standard InChI is InChI=1S/C11H17BrO2S/c1-11(2,3)14-6-9(13)5-10-4-8(12)7-15-10/h4,7,9,13H,5-6H2,1-3H3. The van der Waals surface area contributed by atoms with Gasteiger partial charge < -0.3 is 9.84 Å². The second kappa shape index (κ2) is 5.43. The molecule has 0 saturated heterocycles. The summed E-state index contributed by atoms with van der Waals surface area (Å²) in [6.07, 6.45) is 0.238. The Morgan fingerprint density at radius 2 is 2.20 bits per heavy atom. The maximum atomic E-state index is 9.74. The zero-order valence-electron chi connectivity index (χ0n) is 9.29. The molecule has 0 aliphatic heterocycles. The van der Waals surface area contributed by atoms with Crippen molar-refractivity contribution >= 4 is 27.3 Å². The molecular weight excluding hydrogens is 276 g/mol. The third-order valence-corrected chi connectivity index (χ3v) is 3.49. The lowest BCUT2D eigenvalue weighted by molar-refractivity contribution is -0.0480. The molecule has 1 N–H and O–H groups in total.